The fourth-order valence-corrected chi connectivity index (χ4v) is 1.82. The van der Waals surface area contributed by atoms with E-state index < -0.39 is 0 Å². The molecule has 0 unspecified atom stereocenters. The van der Waals surface area contributed by atoms with Crippen LogP contribution in [0.5, 0.6) is 0 Å². The van der Waals surface area contributed by atoms with E-state index in [9.17, 15) is 4.79 Å². The van der Waals surface area contributed by atoms with E-state index in [2.05, 4.69) is 23.4 Å². The highest BCUT2D eigenvalue weighted by atomic mass is 16.1. The zero-order valence-electron chi connectivity index (χ0n) is 8.95. The summed E-state index contributed by atoms with van der Waals surface area (Å²) in [6.07, 6.45) is 4.16. The monoisotopic (exact) mass is 192 g/mol. The van der Waals surface area contributed by atoms with Gasteiger partial charge in [-0.25, -0.2) is 4.98 Å². The number of rotatable bonds is 3. The van der Waals surface area contributed by atoms with Crippen LogP contribution in [-0.2, 0) is 0 Å². The summed E-state index contributed by atoms with van der Waals surface area (Å²) in [6.45, 7) is 5.80. The lowest BCUT2D eigenvalue weighted by molar-refractivity contribution is 0.100. The van der Waals surface area contributed by atoms with Crippen molar-refractivity contribution in [2.24, 2.45) is 0 Å². The molecule has 0 bridgehead atoms. The molecule has 3 nitrogen and oxygen atoms in total. The van der Waals surface area contributed by atoms with Crippen molar-refractivity contribution < 1.29 is 4.79 Å². The molecule has 14 heavy (non-hydrogen) atoms. The number of carbonyl (C=O) groups excluding carboxylic acids is 1. The minimum atomic E-state index is 0.109. The minimum absolute atomic E-state index is 0.109. The number of imidazole rings is 1. The lowest BCUT2D eigenvalue weighted by Gasteiger charge is -2.13. The molecular formula is C11H16N2O. The molecule has 1 fully saturated rings. The topological polar surface area (TPSA) is 34.9 Å². The van der Waals surface area contributed by atoms with Crippen molar-refractivity contribution in [2.45, 2.75) is 45.6 Å². The van der Waals surface area contributed by atoms with E-state index in [4.69, 9.17) is 0 Å². The number of aromatic nitrogens is 2. The Hall–Kier alpha value is -1.12. The van der Waals surface area contributed by atoms with Gasteiger partial charge in [-0.15, -0.1) is 0 Å². The van der Waals surface area contributed by atoms with Gasteiger partial charge in [0.1, 0.15) is 11.5 Å². The van der Waals surface area contributed by atoms with E-state index in [1.165, 1.54) is 12.8 Å². The van der Waals surface area contributed by atoms with Gasteiger partial charge >= 0.3 is 0 Å². The lowest BCUT2D eigenvalue weighted by Crippen LogP contribution is -2.11. The van der Waals surface area contributed by atoms with Gasteiger partial charge in [0, 0.05) is 18.9 Å². The third-order valence-corrected chi connectivity index (χ3v) is 2.65. The van der Waals surface area contributed by atoms with Crippen LogP contribution in [-0.4, -0.2) is 15.3 Å². The predicted molar refractivity (Wildman–Crippen MR) is 54.6 cm³/mol. The molecule has 1 aromatic rings. The second-order valence-electron chi connectivity index (χ2n) is 4.30. The van der Waals surface area contributed by atoms with E-state index in [0.717, 1.165) is 11.5 Å². The van der Waals surface area contributed by atoms with Crippen LogP contribution in [0.4, 0.5) is 0 Å². The summed E-state index contributed by atoms with van der Waals surface area (Å²) in [4.78, 5) is 15.7. The van der Waals surface area contributed by atoms with Gasteiger partial charge in [-0.2, -0.15) is 0 Å². The predicted octanol–water partition coefficient (Wildman–Crippen LogP) is 2.54. The Morgan fingerprint density at radius 2 is 2.21 bits per heavy atom. The summed E-state index contributed by atoms with van der Waals surface area (Å²) >= 11 is 0. The third-order valence-electron chi connectivity index (χ3n) is 2.65. The molecule has 0 N–H and O–H groups in total. The molecule has 1 heterocycles. The van der Waals surface area contributed by atoms with Crippen molar-refractivity contribution in [3.63, 3.8) is 0 Å². The smallest absolute Gasteiger partial charge is 0.177 e. The summed E-state index contributed by atoms with van der Waals surface area (Å²) in [5.41, 5.74) is 0.752. The van der Waals surface area contributed by atoms with Gasteiger partial charge in [0.2, 0.25) is 0 Å². The van der Waals surface area contributed by atoms with Crippen LogP contribution in [0.2, 0.25) is 0 Å². The second-order valence-corrected chi connectivity index (χ2v) is 4.30. The average molecular weight is 192 g/mol. The molecule has 2 rings (SSSR count). The number of hydrogen-bond donors (Lipinski definition) is 0. The van der Waals surface area contributed by atoms with Gasteiger partial charge in [-0.05, 0) is 26.7 Å². The van der Waals surface area contributed by atoms with Crippen molar-refractivity contribution in [1.29, 1.82) is 0 Å². The van der Waals surface area contributed by atoms with Crippen LogP contribution in [0.3, 0.4) is 0 Å². The molecule has 0 amide bonds. The highest BCUT2D eigenvalue weighted by Crippen LogP contribution is 2.40. The van der Waals surface area contributed by atoms with Gasteiger partial charge < -0.3 is 4.57 Å². The number of ketones is 1. The first kappa shape index (κ1) is 9.44. The number of hydrogen-bond acceptors (Lipinski definition) is 2. The van der Waals surface area contributed by atoms with Crippen LogP contribution in [0.15, 0.2) is 6.20 Å². The SMILES string of the molecule is CC(=O)c1cnc(C2CC2)n1C(C)C. The summed E-state index contributed by atoms with van der Waals surface area (Å²) in [5, 5.41) is 0. The van der Waals surface area contributed by atoms with Crippen LogP contribution in [0, 0.1) is 0 Å². The normalized spacial score (nSPS) is 16.3. The Labute approximate surface area is 84.1 Å². The molecular weight excluding hydrogens is 176 g/mol. The fourth-order valence-electron chi connectivity index (χ4n) is 1.82. The average Bonchev–Trinajstić information content (AvgIpc) is 2.83. The maximum absolute atomic E-state index is 11.4. The van der Waals surface area contributed by atoms with E-state index >= 15 is 0 Å². The zero-order valence-corrected chi connectivity index (χ0v) is 8.95. The summed E-state index contributed by atoms with van der Waals surface area (Å²) in [6, 6.07) is 0.326. The van der Waals surface area contributed by atoms with Gasteiger partial charge in [0.15, 0.2) is 5.78 Å². The Balaban J connectivity index is 2.46. The maximum Gasteiger partial charge on any atom is 0.177 e. The van der Waals surface area contributed by atoms with Gasteiger partial charge in [-0.3, -0.25) is 4.79 Å². The molecule has 1 aromatic heterocycles. The maximum atomic E-state index is 11.4. The van der Waals surface area contributed by atoms with E-state index in [0.29, 0.717) is 12.0 Å². The van der Waals surface area contributed by atoms with E-state index in [-0.39, 0.29) is 5.78 Å². The van der Waals surface area contributed by atoms with Gasteiger partial charge in [0.25, 0.3) is 0 Å². The Kier molecular flexibility index (Phi) is 2.17. The number of carbonyl (C=O) groups is 1. The third kappa shape index (κ3) is 1.47. The Bertz CT molecular complexity index is 361. The molecule has 1 saturated carbocycles. The lowest BCUT2D eigenvalue weighted by atomic mass is 10.2. The van der Waals surface area contributed by atoms with Gasteiger partial charge in [0.05, 0.1) is 6.20 Å². The summed E-state index contributed by atoms with van der Waals surface area (Å²) < 4.78 is 2.08. The first-order valence-corrected chi connectivity index (χ1v) is 5.19. The quantitative estimate of drug-likeness (QED) is 0.690. The fraction of sp³-hybridized carbons (Fsp3) is 0.636. The first-order chi connectivity index (χ1) is 6.61. The van der Waals surface area contributed by atoms with E-state index in [1.807, 2.05) is 0 Å². The van der Waals surface area contributed by atoms with Crippen molar-refractivity contribution in [2.75, 3.05) is 0 Å². The van der Waals surface area contributed by atoms with Crippen LogP contribution in [0.1, 0.15) is 61.9 Å². The summed E-state index contributed by atoms with van der Waals surface area (Å²) in [7, 11) is 0. The molecule has 1 aliphatic carbocycles. The molecule has 3 heteroatoms. The van der Waals surface area contributed by atoms with Crippen LogP contribution in [0.25, 0.3) is 0 Å². The Morgan fingerprint density at radius 3 is 2.64 bits per heavy atom. The van der Waals surface area contributed by atoms with Crippen LogP contribution < -0.4 is 0 Å². The molecule has 0 atom stereocenters. The second kappa shape index (κ2) is 3.23. The molecule has 76 valence electrons. The molecule has 0 spiro atoms. The first-order valence-electron chi connectivity index (χ1n) is 5.19. The van der Waals surface area contributed by atoms with Crippen molar-refractivity contribution in [3.05, 3.63) is 17.7 Å². The molecule has 0 radical (unpaired) electrons. The summed E-state index contributed by atoms with van der Waals surface area (Å²) in [5.74, 6) is 1.81. The highest BCUT2D eigenvalue weighted by molar-refractivity contribution is 5.92. The largest absolute Gasteiger partial charge is 0.323 e. The molecule has 0 aliphatic heterocycles. The zero-order chi connectivity index (χ0) is 10.3. The van der Waals surface area contributed by atoms with Crippen molar-refractivity contribution in [3.8, 4) is 0 Å². The Morgan fingerprint density at radius 1 is 1.57 bits per heavy atom. The van der Waals surface area contributed by atoms with Gasteiger partial charge in [-0.1, -0.05) is 0 Å². The molecule has 0 aromatic carbocycles. The standard InChI is InChI=1S/C11H16N2O/c1-7(2)13-10(8(3)14)6-12-11(13)9-4-5-9/h6-7,9H,4-5H2,1-3H3. The highest BCUT2D eigenvalue weighted by Gasteiger charge is 2.30. The van der Waals surface area contributed by atoms with Crippen molar-refractivity contribution in [1.82, 2.24) is 9.55 Å². The number of nitrogens with zero attached hydrogens (tertiary/aromatic N) is 2. The van der Waals surface area contributed by atoms with Crippen LogP contribution >= 0.6 is 0 Å². The van der Waals surface area contributed by atoms with E-state index in [1.54, 1.807) is 13.1 Å². The molecule has 1 aliphatic rings. The number of Topliss-reactive ketones (excluding diaryl/α,β-unsaturated/α-hetero) is 1. The minimum Gasteiger partial charge on any atom is -0.323 e. The molecule has 0 saturated heterocycles. The van der Waals surface area contributed by atoms with Crippen molar-refractivity contribution >= 4 is 5.78 Å².